The number of carbonyl (C=O) groups excluding carboxylic acids is 1. The van der Waals surface area contributed by atoms with Crippen molar-refractivity contribution in [1.82, 2.24) is 4.90 Å². The highest BCUT2D eigenvalue weighted by molar-refractivity contribution is 14.1. The van der Waals surface area contributed by atoms with Gasteiger partial charge in [0.1, 0.15) is 5.75 Å². The van der Waals surface area contributed by atoms with Gasteiger partial charge in [-0.15, -0.1) is 0 Å². The fraction of sp³-hybridized carbons (Fsp3) is 0.133. The summed E-state index contributed by atoms with van der Waals surface area (Å²) >= 11 is 2.12. The zero-order chi connectivity index (χ0) is 14.3. The molecule has 0 aliphatic carbocycles. The number of benzene rings is 2. The van der Waals surface area contributed by atoms with Crippen LogP contribution < -0.4 is 5.73 Å². The van der Waals surface area contributed by atoms with E-state index in [1.807, 2.05) is 18.2 Å². The topological polar surface area (TPSA) is 66.6 Å². The zero-order valence-electron chi connectivity index (χ0n) is 10.6. The second-order valence-electron chi connectivity index (χ2n) is 4.85. The molecule has 0 aromatic heterocycles. The van der Waals surface area contributed by atoms with Crippen molar-refractivity contribution in [2.45, 2.75) is 13.1 Å². The minimum absolute atomic E-state index is 0.0193. The van der Waals surface area contributed by atoms with Crippen LogP contribution in [-0.4, -0.2) is 15.9 Å². The van der Waals surface area contributed by atoms with Gasteiger partial charge in [-0.1, -0.05) is 6.07 Å². The molecule has 0 spiro atoms. The third-order valence-electron chi connectivity index (χ3n) is 3.43. The van der Waals surface area contributed by atoms with E-state index in [0.717, 1.165) is 14.7 Å². The van der Waals surface area contributed by atoms with Crippen LogP contribution in [0.25, 0.3) is 0 Å². The number of phenolic OH excluding ortho intramolecular Hbond substituents is 1. The van der Waals surface area contributed by atoms with Crippen molar-refractivity contribution in [2.75, 3.05) is 5.73 Å². The van der Waals surface area contributed by atoms with Gasteiger partial charge in [0.05, 0.1) is 5.56 Å². The largest absolute Gasteiger partial charge is 0.507 e. The van der Waals surface area contributed by atoms with Crippen LogP contribution in [0.3, 0.4) is 0 Å². The van der Waals surface area contributed by atoms with Crippen molar-refractivity contribution < 1.29 is 9.90 Å². The minimum atomic E-state index is -0.157. The van der Waals surface area contributed by atoms with Gasteiger partial charge in [0, 0.05) is 22.3 Å². The highest BCUT2D eigenvalue weighted by Gasteiger charge is 2.26. The van der Waals surface area contributed by atoms with E-state index in [1.165, 1.54) is 0 Å². The average molecular weight is 380 g/mol. The molecule has 20 heavy (non-hydrogen) atoms. The summed E-state index contributed by atoms with van der Waals surface area (Å²) in [6.45, 7) is 1.09. The molecular weight excluding hydrogens is 367 g/mol. The van der Waals surface area contributed by atoms with Crippen LogP contribution in [0.15, 0.2) is 36.4 Å². The maximum atomic E-state index is 12.5. The van der Waals surface area contributed by atoms with Crippen molar-refractivity contribution in [1.29, 1.82) is 0 Å². The molecule has 1 amide bonds. The Morgan fingerprint density at radius 3 is 2.70 bits per heavy atom. The van der Waals surface area contributed by atoms with Crippen molar-refractivity contribution >= 4 is 34.2 Å². The molecular formula is C15H13IN2O2. The monoisotopic (exact) mass is 380 g/mol. The van der Waals surface area contributed by atoms with Gasteiger partial charge in [-0.2, -0.15) is 0 Å². The van der Waals surface area contributed by atoms with E-state index in [2.05, 4.69) is 22.6 Å². The molecule has 3 N–H and O–H groups in total. The molecule has 0 saturated heterocycles. The Morgan fingerprint density at radius 2 is 1.90 bits per heavy atom. The summed E-state index contributed by atoms with van der Waals surface area (Å²) in [7, 11) is 0. The van der Waals surface area contributed by atoms with Crippen LogP contribution in [0, 0.1) is 3.57 Å². The maximum absolute atomic E-state index is 12.5. The molecule has 102 valence electrons. The van der Waals surface area contributed by atoms with Gasteiger partial charge in [0.15, 0.2) is 0 Å². The summed E-state index contributed by atoms with van der Waals surface area (Å²) in [6, 6.07) is 10.7. The van der Waals surface area contributed by atoms with E-state index in [4.69, 9.17) is 5.73 Å². The Hall–Kier alpha value is -1.76. The van der Waals surface area contributed by atoms with Crippen molar-refractivity contribution in [3.63, 3.8) is 0 Å². The summed E-state index contributed by atoms with van der Waals surface area (Å²) in [6.07, 6.45) is 0. The van der Waals surface area contributed by atoms with Crippen LogP contribution in [0.5, 0.6) is 5.75 Å². The predicted molar refractivity (Wildman–Crippen MR) is 85.3 cm³/mol. The molecule has 4 nitrogen and oxygen atoms in total. The normalized spacial score (nSPS) is 13.3. The number of rotatable bonds is 1. The lowest BCUT2D eigenvalue weighted by Crippen LogP contribution is -2.25. The molecule has 2 aromatic carbocycles. The number of amides is 1. The Labute approximate surface area is 130 Å². The average Bonchev–Trinajstić information content (AvgIpc) is 2.83. The van der Waals surface area contributed by atoms with Gasteiger partial charge in [-0.25, -0.2) is 0 Å². The molecule has 2 aromatic rings. The predicted octanol–water partition coefficient (Wildman–Crippen LogP) is 2.74. The number of nitrogen functional groups attached to an aromatic ring is 1. The summed E-state index contributed by atoms with van der Waals surface area (Å²) in [5, 5.41) is 9.86. The number of aromatic hydroxyl groups is 1. The van der Waals surface area contributed by atoms with Gasteiger partial charge in [-0.05, 0) is 64.0 Å². The summed E-state index contributed by atoms with van der Waals surface area (Å²) < 4.78 is 0.921. The standard InChI is InChI=1S/C15H13IN2O2/c16-11-2-4-14(19)13(6-11)15(20)18-7-9-1-3-12(17)5-10(9)8-18/h1-6,19H,7-8,17H2. The molecule has 1 aliphatic heterocycles. The first kappa shape index (κ1) is 13.2. The number of hydrogen-bond donors (Lipinski definition) is 2. The number of fused-ring (bicyclic) bond motifs is 1. The third kappa shape index (κ3) is 2.33. The van der Waals surface area contributed by atoms with E-state index in [-0.39, 0.29) is 11.7 Å². The van der Waals surface area contributed by atoms with Crippen LogP contribution in [0.4, 0.5) is 5.69 Å². The summed E-state index contributed by atoms with van der Waals surface area (Å²) in [5.74, 6) is -0.137. The zero-order valence-corrected chi connectivity index (χ0v) is 12.8. The van der Waals surface area contributed by atoms with Crippen molar-refractivity contribution in [2.24, 2.45) is 0 Å². The van der Waals surface area contributed by atoms with Crippen LogP contribution in [-0.2, 0) is 13.1 Å². The molecule has 0 fully saturated rings. The number of nitrogens with two attached hydrogens (primary N) is 1. The molecule has 3 rings (SSSR count). The number of phenols is 1. The van der Waals surface area contributed by atoms with Crippen molar-refractivity contribution in [3.8, 4) is 5.75 Å². The molecule has 0 unspecified atom stereocenters. The van der Waals surface area contributed by atoms with Gasteiger partial charge in [0.25, 0.3) is 5.91 Å². The molecule has 1 aliphatic rings. The summed E-state index contributed by atoms with van der Waals surface area (Å²) in [4.78, 5) is 14.2. The Morgan fingerprint density at radius 1 is 1.15 bits per heavy atom. The van der Waals surface area contributed by atoms with Crippen LogP contribution >= 0.6 is 22.6 Å². The van der Waals surface area contributed by atoms with Gasteiger partial charge in [-0.3, -0.25) is 4.79 Å². The van der Waals surface area contributed by atoms with Crippen LogP contribution in [0.1, 0.15) is 21.5 Å². The van der Waals surface area contributed by atoms with Gasteiger partial charge < -0.3 is 15.7 Å². The number of hydrogen-bond acceptors (Lipinski definition) is 3. The Kier molecular flexibility index (Phi) is 3.29. The van der Waals surface area contributed by atoms with E-state index in [0.29, 0.717) is 24.3 Å². The Balaban J connectivity index is 1.89. The highest BCUT2D eigenvalue weighted by atomic mass is 127. The lowest BCUT2D eigenvalue weighted by molar-refractivity contribution is 0.0748. The number of carbonyl (C=O) groups is 1. The van der Waals surface area contributed by atoms with Gasteiger partial charge in [0.2, 0.25) is 0 Å². The number of nitrogens with zero attached hydrogens (tertiary/aromatic N) is 1. The molecule has 0 atom stereocenters. The molecule has 1 heterocycles. The lowest BCUT2D eigenvalue weighted by Gasteiger charge is -2.16. The Bertz CT molecular complexity index is 700. The first-order valence-corrected chi connectivity index (χ1v) is 7.27. The van der Waals surface area contributed by atoms with E-state index in [1.54, 1.807) is 23.1 Å². The molecule has 0 bridgehead atoms. The number of anilines is 1. The van der Waals surface area contributed by atoms with E-state index < -0.39 is 0 Å². The fourth-order valence-electron chi connectivity index (χ4n) is 2.41. The van der Waals surface area contributed by atoms with E-state index >= 15 is 0 Å². The minimum Gasteiger partial charge on any atom is -0.507 e. The molecule has 5 heteroatoms. The smallest absolute Gasteiger partial charge is 0.258 e. The fourth-order valence-corrected chi connectivity index (χ4v) is 2.90. The van der Waals surface area contributed by atoms with E-state index in [9.17, 15) is 9.90 Å². The van der Waals surface area contributed by atoms with Gasteiger partial charge >= 0.3 is 0 Å². The SMILES string of the molecule is Nc1ccc2c(c1)CN(C(=O)c1cc(I)ccc1O)C2. The maximum Gasteiger partial charge on any atom is 0.258 e. The van der Waals surface area contributed by atoms with Crippen LogP contribution in [0.2, 0.25) is 0 Å². The molecule has 0 radical (unpaired) electrons. The quantitative estimate of drug-likeness (QED) is 0.591. The summed E-state index contributed by atoms with van der Waals surface area (Å²) in [5.41, 5.74) is 8.99. The second-order valence-corrected chi connectivity index (χ2v) is 6.10. The lowest BCUT2D eigenvalue weighted by atomic mass is 10.1. The number of halogens is 1. The first-order valence-electron chi connectivity index (χ1n) is 6.19. The third-order valence-corrected chi connectivity index (χ3v) is 4.10. The van der Waals surface area contributed by atoms with Crippen molar-refractivity contribution in [3.05, 3.63) is 56.7 Å². The second kappa shape index (κ2) is 4.97. The molecule has 0 saturated carbocycles. The first-order chi connectivity index (χ1) is 9.54. The highest BCUT2D eigenvalue weighted by Crippen LogP contribution is 2.28.